The molecule has 2 aliphatic rings. The first-order valence-electron chi connectivity index (χ1n) is 10.3. The van der Waals surface area contributed by atoms with E-state index in [0.717, 1.165) is 40.9 Å². The van der Waals surface area contributed by atoms with Gasteiger partial charge in [-0.1, -0.05) is 43.3 Å². The number of hydrogen-bond donors (Lipinski definition) is 2. The van der Waals surface area contributed by atoms with Crippen LogP contribution in [0.5, 0.6) is 0 Å². The molecule has 1 aliphatic carbocycles. The van der Waals surface area contributed by atoms with Crippen LogP contribution in [0.1, 0.15) is 36.2 Å². The number of fused-ring (bicyclic) bond motifs is 2. The van der Waals surface area contributed by atoms with Gasteiger partial charge in [-0.25, -0.2) is 0 Å². The van der Waals surface area contributed by atoms with Crippen LogP contribution in [0.4, 0.5) is 11.4 Å². The van der Waals surface area contributed by atoms with Crippen LogP contribution in [-0.4, -0.2) is 42.3 Å². The van der Waals surface area contributed by atoms with E-state index in [2.05, 4.69) is 29.2 Å². The summed E-state index contributed by atoms with van der Waals surface area (Å²) in [7, 11) is 0. The number of hydrogen-bond acceptors (Lipinski definition) is 6. The Balaban J connectivity index is 1.76. The van der Waals surface area contributed by atoms with Gasteiger partial charge < -0.3 is 19.8 Å². The van der Waals surface area contributed by atoms with Crippen LogP contribution in [0.2, 0.25) is 0 Å². The SMILES string of the molecule is C[C@H]1C[C@H](C)CN(c2cc(NCCO)c3c4c(onc24)-c2ccccc2C3=O)C1. The van der Waals surface area contributed by atoms with Crippen molar-refractivity contribution in [2.75, 3.05) is 36.5 Å². The number of benzene rings is 2. The summed E-state index contributed by atoms with van der Waals surface area (Å²) in [5.74, 6) is 1.79. The van der Waals surface area contributed by atoms with Crippen LogP contribution in [0.25, 0.3) is 22.2 Å². The Morgan fingerprint density at radius 3 is 2.66 bits per heavy atom. The molecule has 0 saturated carbocycles. The van der Waals surface area contributed by atoms with E-state index < -0.39 is 0 Å². The summed E-state index contributed by atoms with van der Waals surface area (Å²) in [6.07, 6.45) is 1.21. The Bertz CT molecular complexity index is 1090. The average Bonchev–Trinajstić information content (AvgIpc) is 3.15. The fourth-order valence-electron chi connectivity index (χ4n) is 4.97. The summed E-state index contributed by atoms with van der Waals surface area (Å²) in [6, 6.07) is 9.52. The van der Waals surface area contributed by atoms with Crippen LogP contribution < -0.4 is 10.2 Å². The van der Waals surface area contributed by atoms with Gasteiger partial charge in [-0.05, 0) is 24.3 Å². The van der Waals surface area contributed by atoms with Gasteiger partial charge in [0.2, 0.25) is 0 Å². The Kier molecular flexibility index (Phi) is 4.32. The standard InChI is InChI=1S/C23H25N3O3/c1-13-9-14(2)12-26(11-13)18-10-17(24-7-8-27)19-20-21(18)25-29-23(20)16-6-4-3-5-15(16)22(19)28/h3-6,10,13-14,24,27H,7-9,11-12H2,1-2H3/t13-,14-/m0/s1. The second kappa shape index (κ2) is 6.88. The zero-order valence-electron chi connectivity index (χ0n) is 16.7. The van der Waals surface area contributed by atoms with E-state index in [1.54, 1.807) is 0 Å². The highest BCUT2D eigenvalue weighted by molar-refractivity contribution is 6.28. The minimum atomic E-state index is -0.0336. The number of aliphatic hydroxyl groups excluding tert-OH is 1. The quantitative estimate of drug-likeness (QED) is 0.549. The van der Waals surface area contributed by atoms with E-state index in [4.69, 9.17) is 4.52 Å². The number of carbonyl (C=O) groups is 1. The molecule has 2 aromatic carbocycles. The lowest BCUT2D eigenvalue weighted by Crippen LogP contribution is -2.39. The third-order valence-electron chi connectivity index (χ3n) is 6.02. The molecule has 0 bridgehead atoms. The van der Waals surface area contributed by atoms with Crippen LogP contribution in [0.3, 0.4) is 0 Å². The average molecular weight is 391 g/mol. The van der Waals surface area contributed by atoms with Gasteiger partial charge in [-0.15, -0.1) is 0 Å². The second-order valence-electron chi connectivity index (χ2n) is 8.43. The Labute approximate surface area is 169 Å². The summed E-state index contributed by atoms with van der Waals surface area (Å²) in [5, 5.41) is 17.8. The number of rotatable bonds is 4. The van der Waals surface area contributed by atoms with Crippen LogP contribution in [0, 0.1) is 11.8 Å². The van der Waals surface area contributed by atoms with Crippen molar-refractivity contribution in [3.63, 3.8) is 0 Å². The maximum absolute atomic E-state index is 13.4. The molecule has 150 valence electrons. The Morgan fingerprint density at radius 2 is 1.93 bits per heavy atom. The minimum Gasteiger partial charge on any atom is -0.395 e. The van der Waals surface area contributed by atoms with E-state index >= 15 is 0 Å². The molecule has 0 radical (unpaired) electrons. The molecule has 3 aromatic rings. The maximum atomic E-state index is 13.4. The number of piperidine rings is 1. The Hall–Kier alpha value is -2.86. The maximum Gasteiger partial charge on any atom is 0.196 e. The smallest absolute Gasteiger partial charge is 0.196 e. The van der Waals surface area contributed by atoms with Crippen molar-refractivity contribution in [1.82, 2.24) is 5.16 Å². The normalized spacial score (nSPS) is 20.8. The molecule has 6 heteroatoms. The van der Waals surface area contributed by atoms with Crippen molar-refractivity contribution in [3.8, 4) is 11.3 Å². The summed E-state index contributed by atoms with van der Waals surface area (Å²) < 4.78 is 5.81. The molecular weight excluding hydrogens is 366 g/mol. The molecule has 0 unspecified atom stereocenters. The van der Waals surface area contributed by atoms with Crippen LogP contribution in [0.15, 0.2) is 34.9 Å². The van der Waals surface area contributed by atoms with Gasteiger partial charge in [0, 0.05) is 36.4 Å². The van der Waals surface area contributed by atoms with Gasteiger partial charge >= 0.3 is 0 Å². The lowest BCUT2D eigenvalue weighted by molar-refractivity contribution is 0.104. The molecule has 5 rings (SSSR count). The minimum absolute atomic E-state index is 0.00807. The number of aromatic nitrogens is 1. The number of ketones is 1. The molecule has 0 spiro atoms. The lowest BCUT2D eigenvalue weighted by Gasteiger charge is -2.37. The predicted molar refractivity (Wildman–Crippen MR) is 114 cm³/mol. The van der Waals surface area contributed by atoms with Gasteiger partial charge in [0.25, 0.3) is 0 Å². The number of carbonyl (C=O) groups excluding carboxylic acids is 1. The number of anilines is 2. The molecule has 2 heterocycles. The lowest BCUT2D eigenvalue weighted by atomic mass is 9.85. The van der Waals surface area contributed by atoms with Crippen molar-refractivity contribution in [1.29, 1.82) is 0 Å². The first-order chi connectivity index (χ1) is 14.1. The van der Waals surface area contributed by atoms with E-state index in [1.165, 1.54) is 6.42 Å². The number of aliphatic hydroxyl groups is 1. The first-order valence-corrected chi connectivity index (χ1v) is 10.3. The third-order valence-corrected chi connectivity index (χ3v) is 6.02. The molecule has 2 atom stereocenters. The van der Waals surface area contributed by atoms with Crippen LogP contribution >= 0.6 is 0 Å². The largest absolute Gasteiger partial charge is 0.395 e. The zero-order chi connectivity index (χ0) is 20.1. The third kappa shape index (κ3) is 2.82. The first kappa shape index (κ1) is 18.2. The van der Waals surface area contributed by atoms with E-state index in [1.807, 2.05) is 30.3 Å². The van der Waals surface area contributed by atoms with Gasteiger partial charge in [-0.2, -0.15) is 0 Å². The van der Waals surface area contributed by atoms with Crippen molar-refractivity contribution in [3.05, 3.63) is 41.5 Å². The molecule has 1 aliphatic heterocycles. The van der Waals surface area contributed by atoms with Crippen molar-refractivity contribution < 1.29 is 14.4 Å². The van der Waals surface area contributed by atoms with Gasteiger partial charge in [0.15, 0.2) is 11.5 Å². The summed E-state index contributed by atoms with van der Waals surface area (Å²) in [5.41, 5.74) is 4.47. The van der Waals surface area contributed by atoms with E-state index in [-0.39, 0.29) is 12.4 Å². The topological polar surface area (TPSA) is 78.6 Å². The zero-order valence-corrected chi connectivity index (χ0v) is 16.7. The highest BCUT2D eigenvalue weighted by atomic mass is 16.5. The highest BCUT2D eigenvalue weighted by Crippen LogP contribution is 2.46. The number of nitrogens with one attached hydrogen (secondary N) is 1. The molecular formula is C23H25N3O3. The fourth-order valence-corrected chi connectivity index (χ4v) is 4.97. The highest BCUT2D eigenvalue weighted by Gasteiger charge is 2.34. The molecule has 6 nitrogen and oxygen atoms in total. The number of nitrogens with zero attached hydrogens (tertiary/aromatic N) is 2. The van der Waals surface area contributed by atoms with Gasteiger partial charge in [0.1, 0.15) is 5.52 Å². The van der Waals surface area contributed by atoms with Gasteiger partial charge in [0.05, 0.1) is 23.2 Å². The molecule has 1 fully saturated rings. The molecule has 29 heavy (non-hydrogen) atoms. The molecule has 1 saturated heterocycles. The molecule has 0 amide bonds. The van der Waals surface area contributed by atoms with Crippen molar-refractivity contribution in [2.24, 2.45) is 11.8 Å². The van der Waals surface area contributed by atoms with Crippen LogP contribution in [-0.2, 0) is 0 Å². The second-order valence-corrected chi connectivity index (χ2v) is 8.43. The van der Waals surface area contributed by atoms with Crippen molar-refractivity contribution >= 4 is 28.1 Å². The predicted octanol–water partition coefficient (Wildman–Crippen LogP) is 3.93. The van der Waals surface area contributed by atoms with E-state index in [0.29, 0.717) is 35.3 Å². The summed E-state index contributed by atoms with van der Waals surface area (Å²) in [4.78, 5) is 15.7. The fraction of sp³-hybridized carbons (Fsp3) is 0.391. The van der Waals surface area contributed by atoms with E-state index in [9.17, 15) is 9.90 Å². The molecule has 1 aromatic heterocycles. The molecule has 2 N–H and O–H groups in total. The van der Waals surface area contributed by atoms with Gasteiger partial charge in [-0.3, -0.25) is 4.79 Å². The van der Waals surface area contributed by atoms with Crippen molar-refractivity contribution in [2.45, 2.75) is 20.3 Å². The summed E-state index contributed by atoms with van der Waals surface area (Å²) in [6.45, 7) is 6.81. The monoisotopic (exact) mass is 391 g/mol. The summed E-state index contributed by atoms with van der Waals surface area (Å²) >= 11 is 0. The Morgan fingerprint density at radius 1 is 1.21 bits per heavy atom.